The minimum absolute atomic E-state index is 0.0911. The predicted molar refractivity (Wildman–Crippen MR) is 57.9 cm³/mol. The first-order valence-electron chi connectivity index (χ1n) is 5.58. The van der Waals surface area contributed by atoms with Crippen molar-refractivity contribution in [3.63, 3.8) is 0 Å². The van der Waals surface area contributed by atoms with Gasteiger partial charge in [-0.05, 0) is 32.7 Å². The number of methoxy groups -OCH3 is 1. The molecule has 1 aliphatic rings. The number of nitrogens with zero attached hydrogens (tertiary/aromatic N) is 1. The second kappa shape index (κ2) is 4.94. The summed E-state index contributed by atoms with van der Waals surface area (Å²) in [7, 11) is 1.66. The Morgan fingerprint density at radius 2 is 2.33 bits per heavy atom. The maximum absolute atomic E-state index is 11.4. The molecule has 1 N–H and O–H groups in total. The van der Waals surface area contributed by atoms with Gasteiger partial charge >= 0.3 is 5.97 Å². The molecule has 0 aromatic rings. The second-order valence-corrected chi connectivity index (χ2v) is 4.29. The smallest absolute Gasteiger partial charge is 0.324 e. The summed E-state index contributed by atoms with van der Waals surface area (Å²) in [6, 6.07) is 0. The first-order valence-corrected chi connectivity index (χ1v) is 5.58. The van der Waals surface area contributed by atoms with Crippen LogP contribution in [0.25, 0.3) is 0 Å². The highest BCUT2D eigenvalue weighted by Gasteiger charge is 2.46. The van der Waals surface area contributed by atoms with Crippen LogP contribution >= 0.6 is 0 Å². The summed E-state index contributed by atoms with van der Waals surface area (Å²) in [5.41, 5.74) is -0.646. The van der Waals surface area contributed by atoms with Crippen LogP contribution in [-0.2, 0) is 9.53 Å². The van der Waals surface area contributed by atoms with Gasteiger partial charge in [-0.1, -0.05) is 6.92 Å². The van der Waals surface area contributed by atoms with E-state index in [0.717, 1.165) is 19.4 Å². The molecule has 0 spiro atoms. The minimum Gasteiger partial charge on any atom is -0.480 e. The molecule has 0 saturated carbocycles. The van der Waals surface area contributed by atoms with E-state index in [-0.39, 0.29) is 6.10 Å². The van der Waals surface area contributed by atoms with Gasteiger partial charge in [0.25, 0.3) is 0 Å². The Labute approximate surface area is 91.2 Å². The van der Waals surface area contributed by atoms with E-state index in [4.69, 9.17) is 4.74 Å². The molecule has 0 aromatic heterocycles. The molecule has 1 saturated heterocycles. The zero-order chi connectivity index (χ0) is 11.5. The lowest BCUT2D eigenvalue weighted by Crippen LogP contribution is -2.52. The van der Waals surface area contributed by atoms with Crippen LogP contribution in [-0.4, -0.2) is 47.8 Å². The Morgan fingerprint density at radius 3 is 2.80 bits per heavy atom. The van der Waals surface area contributed by atoms with E-state index < -0.39 is 11.5 Å². The van der Waals surface area contributed by atoms with Gasteiger partial charge < -0.3 is 9.84 Å². The van der Waals surface area contributed by atoms with Crippen molar-refractivity contribution in [2.45, 2.75) is 44.8 Å². The Hall–Kier alpha value is -0.610. The second-order valence-electron chi connectivity index (χ2n) is 4.29. The lowest BCUT2D eigenvalue weighted by atomic mass is 9.93. The van der Waals surface area contributed by atoms with Crippen molar-refractivity contribution in [2.24, 2.45) is 0 Å². The van der Waals surface area contributed by atoms with Crippen LogP contribution in [0.5, 0.6) is 0 Å². The number of likely N-dealkylation sites (tertiary alicyclic amines) is 1. The molecule has 0 aliphatic carbocycles. The van der Waals surface area contributed by atoms with Gasteiger partial charge in [0.1, 0.15) is 5.54 Å². The molecule has 0 aromatic carbocycles. The molecular weight excluding hydrogens is 194 g/mol. The molecule has 2 atom stereocenters. The fraction of sp³-hybridized carbons (Fsp3) is 0.909. The average Bonchev–Trinajstić information content (AvgIpc) is 2.61. The lowest BCUT2D eigenvalue weighted by molar-refractivity contribution is -0.150. The summed E-state index contributed by atoms with van der Waals surface area (Å²) in [6.07, 6.45) is 2.48. The average molecular weight is 215 g/mol. The van der Waals surface area contributed by atoms with E-state index in [1.165, 1.54) is 0 Å². The van der Waals surface area contributed by atoms with Crippen LogP contribution in [0.15, 0.2) is 0 Å². The molecule has 4 heteroatoms. The number of carbonyl (C=O) groups is 1. The van der Waals surface area contributed by atoms with Crippen molar-refractivity contribution < 1.29 is 14.6 Å². The Balaban J connectivity index is 2.74. The lowest BCUT2D eigenvalue weighted by Gasteiger charge is -2.35. The summed E-state index contributed by atoms with van der Waals surface area (Å²) in [6.45, 7) is 5.50. The highest BCUT2D eigenvalue weighted by atomic mass is 16.5. The molecular formula is C11H21NO3. The Kier molecular flexibility index (Phi) is 4.11. The van der Waals surface area contributed by atoms with Crippen LogP contribution in [0.4, 0.5) is 0 Å². The maximum Gasteiger partial charge on any atom is 0.324 e. The highest BCUT2D eigenvalue weighted by molar-refractivity contribution is 5.79. The van der Waals surface area contributed by atoms with Gasteiger partial charge in [-0.3, -0.25) is 9.69 Å². The molecule has 1 heterocycles. The zero-order valence-electron chi connectivity index (χ0n) is 9.82. The topological polar surface area (TPSA) is 49.8 Å². The largest absolute Gasteiger partial charge is 0.480 e. The molecule has 1 aliphatic heterocycles. The standard InChI is InChI=1S/C11H21NO3/c1-4-11(10(13)14)6-5-7-12(11)8-9(2)15-3/h9H,4-8H2,1-3H3,(H,13,14). The van der Waals surface area contributed by atoms with Crippen molar-refractivity contribution in [2.75, 3.05) is 20.2 Å². The van der Waals surface area contributed by atoms with Gasteiger partial charge in [0.05, 0.1) is 6.10 Å². The van der Waals surface area contributed by atoms with Crippen molar-refractivity contribution in [1.29, 1.82) is 0 Å². The predicted octanol–water partition coefficient (Wildman–Crippen LogP) is 1.35. The van der Waals surface area contributed by atoms with E-state index >= 15 is 0 Å². The summed E-state index contributed by atoms with van der Waals surface area (Å²) < 4.78 is 5.20. The SMILES string of the molecule is CCC1(C(=O)O)CCCN1CC(C)OC. The molecule has 0 amide bonds. The van der Waals surface area contributed by atoms with Crippen molar-refractivity contribution in [3.05, 3.63) is 0 Å². The summed E-state index contributed by atoms with van der Waals surface area (Å²) in [5.74, 6) is -0.689. The number of rotatable bonds is 5. The van der Waals surface area contributed by atoms with Gasteiger partial charge in [-0.2, -0.15) is 0 Å². The number of ether oxygens (including phenoxy) is 1. The van der Waals surface area contributed by atoms with Gasteiger partial charge in [-0.25, -0.2) is 0 Å². The van der Waals surface area contributed by atoms with E-state index in [1.807, 2.05) is 13.8 Å². The van der Waals surface area contributed by atoms with Gasteiger partial charge in [-0.15, -0.1) is 0 Å². The monoisotopic (exact) mass is 215 g/mol. The Bertz CT molecular complexity index is 232. The van der Waals surface area contributed by atoms with Gasteiger partial charge in [0, 0.05) is 13.7 Å². The van der Waals surface area contributed by atoms with Crippen LogP contribution in [0.2, 0.25) is 0 Å². The molecule has 1 rings (SSSR count). The minimum atomic E-state index is -0.689. The van der Waals surface area contributed by atoms with Gasteiger partial charge in [0.15, 0.2) is 0 Å². The third kappa shape index (κ3) is 2.32. The first-order chi connectivity index (χ1) is 7.06. The molecule has 0 radical (unpaired) electrons. The normalized spacial score (nSPS) is 29.3. The quantitative estimate of drug-likeness (QED) is 0.752. The molecule has 1 fully saturated rings. The fourth-order valence-electron chi connectivity index (χ4n) is 2.38. The third-order valence-corrected chi connectivity index (χ3v) is 3.49. The fourth-order valence-corrected chi connectivity index (χ4v) is 2.38. The van der Waals surface area contributed by atoms with Crippen molar-refractivity contribution in [1.82, 2.24) is 4.90 Å². The number of carboxylic acids is 1. The van der Waals surface area contributed by atoms with Gasteiger partial charge in [0.2, 0.25) is 0 Å². The summed E-state index contributed by atoms with van der Waals surface area (Å²) in [4.78, 5) is 13.4. The number of aliphatic carboxylic acids is 1. The number of hydrogen-bond donors (Lipinski definition) is 1. The van der Waals surface area contributed by atoms with Crippen molar-refractivity contribution >= 4 is 5.97 Å². The molecule has 0 bridgehead atoms. The van der Waals surface area contributed by atoms with Crippen LogP contribution in [0.1, 0.15) is 33.1 Å². The van der Waals surface area contributed by atoms with Crippen LogP contribution in [0, 0.1) is 0 Å². The van der Waals surface area contributed by atoms with Crippen LogP contribution < -0.4 is 0 Å². The summed E-state index contributed by atoms with van der Waals surface area (Å²) >= 11 is 0. The zero-order valence-corrected chi connectivity index (χ0v) is 9.82. The molecule has 2 unspecified atom stereocenters. The number of hydrogen-bond acceptors (Lipinski definition) is 3. The van der Waals surface area contributed by atoms with E-state index in [9.17, 15) is 9.90 Å². The van der Waals surface area contributed by atoms with E-state index in [2.05, 4.69) is 4.90 Å². The third-order valence-electron chi connectivity index (χ3n) is 3.49. The van der Waals surface area contributed by atoms with Crippen molar-refractivity contribution in [3.8, 4) is 0 Å². The maximum atomic E-state index is 11.4. The summed E-state index contributed by atoms with van der Waals surface area (Å²) in [5, 5.41) is 9.34. The number of carboxylic acid groups (broad SMARTS) is 1. The Morgan fingerprint density at radius 1 is 1.67 bits per heavy atom. The molecule has 88 valence electrons. The van der Waals surface area contributed by atoms with E-state index in [0.29, 0.717) is 13.0 Å². The highest BCUT2D eigenvalue weighted by Crippen LogP contribution is 2.32. The van der Waals surface area contributed by atoms with E-state index in [1.54, 1.807) is 7.11 Å². The van der Waals surface area contributed by atoms with Crippen LogP contribution in [0.3, 0.4) is 0 Å². The molecule has 15 heavy (non-hydrogen) atoms. The molecule has 4 nitrogen and oxygen atoms in total. The first kappa shape index (κ1) is 12.5.